The van der Waals surface area contributed by atoms with Crippen molar-refractivity contribution in [2.45, 2.75) is 19.0 Å². The van der Waals surface area contributed by atoms with Crippen molar-refractivity contribution in [1.29, 1.82) is 0 Å². The van der Waals surface area contributed by atoms with Crippen LogP contribution in [0.15, 0.2) is 40.9 Å². The van der Waals surface area contributed by atoms with Gasteiger partial charge in [0.05, 0.1) is 17.2 Å². The SMILES string of the molecule is Cc1cccc(C)c1NC(=O)CN1CCN(C(=O)CSc2nnc(-c3cccs3)n2C)CC1. The first-order valence-corrected chi connectivity index (χ1v) is 12.7. The molecule has 0 saturated carbocycles. The second-order valence-corrected chi connectivity index (χ2v) is 9.99. The molecule has 1 saturated heterocycles. The van der Waals surface area contributed by atoms with Crippen LogP contribution in [0.2, 0.25) is 0 Å². The van der Waals surface area contributed by atoms with Gasteiger partial charge in [0.25, 0.3) is 0 Å². The summed E-state index contributed by atoms with van der Waals surface area (Å²) in [5, 5.41) is 14.3. The van der Waals surface area contributed by atoms with Gasteiger partial charge < -0.3 is 14.8 Å². The highest BCUT2D eigenvalue weighted by molar-refractivity contribution is 7.99. The normalized spacial score (nSPS) is 14.5. The third kappa shape index (κ3) is 5.63. The van der Waals surface area contributed by atoms with Crippen LogP contribution in [0, 0.1) is 13.8 Å². The van der Waals surface area contributed by atoms with Crippen LogP contribution in [0.5, 0.6) is 0 Å². The molecule has 0 bridgehead atoms. The summed E-state index contributed by atoms with van der Waals surface area (Å²) in [4.78, 5) is 30.3. The van der Waals surface area contributed by atoms with Crippen molar-refractivity contribution < 1.29 is 9.59 Å². The second kappa shape index (κ2) is 10.5. The van der Waals surface area contributed by atoms with Crippen molar-refractivity contribution in [3.63, 3.8) is 0 Å². The minimum atomic E-state index is -0.0217. The molecule has 1 N–H and O–H groups in total. The van der Waals surface area contributed by atoms with Crippen LogP contribution in [0.3, 0.4) is 0 Å². The lowest BCUT2D eigenvalue weighted by atomic mass is 10.1. The van der Waals surface area contributed by atoms with E-state index in [4.69, 9.17) is 0 Å². The van der Waals surface area contributed by atoms with Crippen LogP contribution in [0.1, 0.15) is 11.1 Å². The fourth-order valence-electron chi connectivity index (χ4n) is 3.83. The van der Waals surface area contributed by atoms with Gasteiger partial charge in [-0.1, -0.05) is 36.0 Å². The number of thiophene rings is 1. The summed E-state index contributed by atoms with van der Waals surface area (Å²) in [6, 6.07) is 9.97. The first kappa shape index (κ1) is 23.5. The molecule has 0 radical (unpaired) electrons. The van der Waals surface area contributed by atoms with E-state index in [0.717, 1.165) is 32.7 Å². The van der Waals surface area contributed by atoms with E-state index in [2.05, 4.69) is 20.4 Å². The fraction of sp³-hybridized carbons (Fsp3) is 0.391. The predicted octanol–water partition coefficient (Wildman–Crippen LogP) is 3.04. The molecule has 10 heteroatoms. The van der Waals surface area contributed by atoms with E-state index < -0.39 is 0 Å². The van der Waals surface area contributed by atoms with Crippen molar-refractivity contribution >= 4 is 40.6 Å². The Hall–Kier alpha value is -2.69. The highest BCUT2D eigenvalue weighted by Crippen LogP contribution is 2.26. The summed E-state index contributed by atoms with van der Waals surface area (Å²) in [7, 11) is 1.92. The molecular weight excluding hydrogens is 456 g/mol. The van der Waals surface area contributed by atoms with Crippen molar-refractivity contribution in [3.8, 4) is 10.7 Å². The molecule has 174 valence electrons. The predicted molar refractivity (Wildman–Crippen MR) is 133 cm³/mol. The molecule has 0 atom stereocenters. The molecule has 1 aliphatic rings. The summed E-state index contributed by atoms with van der Waals surface area (Å²) < 4.78 is 1.93. The van der Waals surface area contributed by atoms with Gasteiger partial charge in [0.2, 0.25) is 11.8 Å². The molecule has 4 rings (SSSR count). The lowest BCUT2D eigenvalue weighted by Gasteiger charge is -2.34. The number of benzene rings is 1. The Balaban J connectivity index is 1.23. The van der Waals surface area contributed by atoms with Crippen molar-refractivity contribution in [3.05, 3.63) is 46.8 Å². The Morgan fingerprint density at radius 1 is 1.06 bits per heavy atom. The van der Waals surface area contributed by atoms with Crippen molar-refractivity contribution in [2.75, 3.05) is 43.8 Å². The highest BCUT2D eigenvalue weighted by atomic mass is 32.2. The lowest BCUT2D eigenvalue weighted by Crippen LogP contribution is -2.51. The van der Waals surface area contributed by atoms with Crippen LogP contribution in [0.4, 0.5) is 5.69 Å². The van der Waals surface area contributed by atoms with Gasteiger partial charge in [0, 0.05) is 38.9 Å². The molecule has 2 amide bonds. The molecule has 0 spiro atoms. The number of rotatable bonds is 7. The van der Waals surface area contributed by atoms with E-state index >= 15 is 0 Å². The number of aromatic nitrogens is 3. The van der Waals surface area contributed by atoms with Gasteiger partial charge in [0.15, 0.2) is 11.0 Å². The molecule has 8 nitrogen and oxygen atoms in total. The lowest BCUT2D eigenvalue weighted by molar-refractivity contribution is -0.130. The Kier molecular flexibility index (Phi) is 7.46. The van der Waals surface area contributed by atoms with E-state index in [1.165, 1.54) is 11.8 Å². The number of nitrogens with one attached hydrogen (secondary N) is 1. The van der Waals surface area contributed by atoms with Crippen LogP contribution >= 0.6 is 23.1 Å². The maximum absolute atomic E-state index is 12.7. The second-order valence-electron chi connectivity index (χ2n) is 8.10. The number of thioether (sulfide) groups is 1. The maximum Gasteiger partial charge on any atom is 0.238 e. The van der Waals surface area contributed by atoms with Gasteiger partial charge in [-0.2, -0.15) is 0 Å². The van der Waals surface area contributed by atoms with Crippen molar-refractivity contribution in [2.24, 2.45) is 7.05 Å². The molecule has 1 aliphatic heterocycles. The Morgan fingerprint density at radius 3 is 2.45 bits per heavy atom. The van der Waals surface area contributed by atoms with Crippen LogP contribution < -0.4 is 5.32 Å². The summed E-state index contributed by atoms with van der Waals surface area (Å²) in [5.41, 5.74) is 3.00. The van der Waals surface area contributed by atoms with Gasteiger partial charge >= 0.3 is 0 Å². The monoisotopic (exact) mass is 484 g/mol. The van der Waals surface area contributed by atoms with Gasteiger partial charge in [-0.25, -0.2) is 0 Å². The van der Waals surface area contributed by atoms with E-state index in [1.54, 1.807) is 11.3 Å². The van der Waals surface area contributed by atoms with E-state index in [1.807, 2.05) is 66.1 Å². The average molecular weight is 485 g/mol. The van der Waals surface area contributed by atoms with Gasteiger partial charge in [-0.05, 0) is 36.4 Å². The van der Waals surface area contributed by atoms with E-state index in [9.17, 15) is 9.59 Å². The summed E-state index contributed by atoms with van der Waals surface area (Å²) in [5.74, 6) is 1.20. The Bertz CT molecular complexity index is 1100. The number of anilines is 1. The van der Waals surface area contributed by atoms with E-state index in [-0.39, 0.29) is 11.8 Å². The number of nitrogens with zero attached hydrogens (tertiary/aromatic N) is 5. The number of hydrogen-bond donors (Lipinski definition) is 1. The van der Waals surface area contributed by atoms with Gasteiger partial charge in [0.1, 0.15) is 0 Å². The van der Waals surface area contributed by atoms with Crippen LogP contribution in [0.25, 0.3) is 10.7 Å². The largest absolute Gasteiger partial charge is 0.339 e. The number of carbonyl (C=O) groups excluding carboxylic acids is 2. The molecule has 0 aliphatic carbocycles. The summed E-state index contributed by atoms with van der Waals surface area (Å²) in [6.07, 6.45) is 0. The minimum absolute atomic E-state index is 0.0217. The van der Waals surface area contributed by atoms with Crippen LogP contribution in [-0.4, -0.2) is 74.9 Å². The zero-order chi connectivity index (χ0) is 23.4. The van der Waals surface area contributed by atoms with Crippen molar-refractivity contribution in [1.82, 2.24) is 24.6 Å². The molecule has 3 aromatic rings. The first-order valence-electron chi connectivity index (χ1n) is 10.8. The molecule has 0 unspecified atom stereocenters. The molecule has 2 aromatic heterocycles. The van der Waals surface area contributed by atoms with Gasteiger partial charge in [-0.15, -0.1) is 21.5 Å². The Morgan fingerprint density at radius 2 is 1.79 bits per heavy atom. The quantitative estimate of drug-likeness (QED) is 0.519. The maximum atomic E-state index is 12.7. The first-order chi connectivity index (χ1) is 15.9. The molecule has 1 fully saturated rings. The molecule has 1 aromatic carbocycles. The number of amides is 2. The number of piperazine rings is 1. The number of hydrogen-bond acceptors (Lipinski definition) is 7. The van der Waals surface area contributed by atoms with Gasteiger partial charge in [-0.3, -0.25) is 14.5 Å². The zero-order valence-electron chi connectivity index (χ0n) is 19.1. The zero-order valence-corrected chi connectivity index (χ0v) is 20.7. The van der Waals surface area contributed by atoms with E-state index in [0.29, 0.717) is 38.5 Å². The highest BCUT2D eigenvalue weighted by Gasteiger charge is 2.23. The summed E-state index contributed by atoms with van der Waals surface area (Å²) >= 11 is 3.02. The smallest absolute Gasteiger partial charge is 0.238 e. The van der Waals surface area contributed by atoms with Crippen LogP contribution in [-0.2, 0) is 16.6 Å². The Labute approximate surface area is 202 Å². The number of para-hydroxylation sites is 1. The summed E-state index contributed by atoms with van der Waals surface area (Å²) in [6.45, 7) is 6.93. The third-order valence-electron chi connectivity index (χ3n) is 5.74. The number of carbonyl (C=O) groups is 2. The average Bonchev–Trinajstić information content (AvgIpc) is 3.45. The third-order valence-corrected chi connectivity index (χ3v) is 7.61. The molecule has 3 heterocycles. The molecule has 33 heavy (non-hydrogen) atoms. The molecular formula is C23H28N6O2S2. The number of aryl methyl sites for hydroxylation is 2. The standard InChI is InChI=1S/C23H28N6O2S2/c1-16-6-4-7-17(2)21(16)24-19(30)14-28-9-11-29(12-10-28)20(31)15-33-23-26-25-22(27(23)3)18-8-5-13-32-18/h4-8,13H,9-12,14-15H2,1-3H3,(H,24,30). The minimum Gasteiger partial charge on any atom is -0.339 e. The fourth-order valence-corrected chi connectivity index (χ4v) is 5.39. The topological polar surface area (TPSA) is 83.4 Å².